The summed E-state index contributed by atoms with van der Waals surface area (Å²) in [4.78, 5) is 3.13. The van der Waals surface area contributed by atoms with Gasteiger partial charge in [0.25, 0.3) is 0 Å². The molecule has 1 fully saturated rings. The Balaban J connectivity index is 2.02. The smallest absolute Gasteiger partial charge is 0.391 e. The molecule has 1 heterocycles. The van der Waals surface area contributed by atoms with E-state index in [0.717, 1.165) is 0 Å². The molecule has 20 heavy (non-hydrogen) atoms. The maximum atomic E-state index is 13.6. The minimum Gasteiger partial charge on any atom is -0.391 e. The van der Waals surface area contributed by atoms with Gasteiger partial charge in [0.15, 0.2) is 0 Å². The summed E-state index contributed by atoms with van der Waals surface area (Å²) in [7, 11) is 0. The number of anilines is 1. The van der Waals surface area contributed by atoms with E-state index >= 15 is 0 Å². The highest BCUT2D eigenvalue weighted by atomic mass is 19.4. The Hall–Kier alpha value is -1.34. The first-order chi connectivity index (χ1) is 9.40. The lowest BCUT2D eigenvalue weighted by Crippen LogP contribution is -2.49. The van der Waals surface area contributed by atoms with Gasteiger partial charge < -0.3 is 10.0 Å². The summed E-state index contributed by atoms with van der Waals surface area (Å²) < 4.78 is 50.4. The molecule has 1 aromatic carbocycles. The molecular weight excluding hydrogens is 276 g/mol. The minimum atomic E-state index is -4.20. The van der Waals surface area contributed by atoms with Crippen molar-refractivity contribution < 1.29 is 22.7 Å². The monoisotopic (exact) mass is 292 g/mol. The van der Waals surface area contributed by atoms with E-state index < -0.39 is 25.1 Å². The molecule has 0 spiro atoms. The molecular formula is C13H16F4N2O. The minimum absolute atomic E-state index is 0.191. The summed E-state index contributed by atoms with van der Waals surface area (Å²) in [5.74, 6) is -0.497. The molecule has 0 bridgehead atoms. The van der Waals surface area contributed by atoms with Gasteiger partial charge >= 0.3 is 6.18 Å². The van der Waals surface area contributed by atoms with Crippen LogP contribution in [0.3, 0.4) is 0 Å². The molecule has 0 unspecified atom stereocenters. The van der Waals surface area contributed by atoms with Gasteiger partial charge in [-0.05, 0) is 12.1 Å². The summed E-state index contributed by atoms with van der Waals surface area (Å²) in [6.07, 6.45) is -4.20. The number of hydrogen-bond donors (Lipinski definition) is 1. The van der Waals surface area contributed by atoms with Crippen LogP contribution in [0.1, 0.15) is 5.56 Å². The van der Waals surface area contributed by atoms with Crippen LogP contribution in [0.5, 0.6) is 0 Å². The SMILES string of the molecule is OCc1c(F)cccc1N1CCN(CC(F)(F)F)CC1. The van der Waals surface area contributed by atoms with Crippen LogP contribution in [0, 0.1) is 5.82 Å². The third kappa shape index (κ3) is 3.61. The summed E-state index contributed by atoms with van der Waals surface area (Å²) in [5.41, 5.74) is 0.746. The lowest BCUT2D eigenvalue weighted by molar-refractivity contribution is -0.146. The second-order valence-electron chi connectivity index (χ2n) is 4.77. The Kier molecular flexibility index (Phi) is 4.49. The third-order valence-corrected chi connectivity index (χ3v) is 3.37. The Bertz CT molecular complexity index is 456. The number of piperazine rings is 1. The highest BCUT2D eigenvalue weighted by Crippen LogP contribution is 2.25. The van der Waals surface area contributed by atoms with Gasteiger partial charge in [0.2, 0.25) is 0 Å². The summed E-state index contributed by atoms with van der Waals surface area (Å²) in [6.45, 7) is -0.0531. The van der Waals surface area contributed by atoms with Crippen LogP contribution in [-0.4, -0.2) is 48.9 Å². The highest BCUT2D eigenvalue weighted by molar-refractivity contribution is 5.54. The van der Waals surface area contributed by atoms with E-state index in [4.69, 9.17) is 0 Å². The van der Waals surface area contributed by atoms with Crippen molar-refractivity contribution >= 4 is 5.69 Å². The third-order valence-electron chi connectivity index (χ3n) is 3.37. The van der Waals surface area contributed by atoms with Gasteiger partial charge in [-0.2, -0.15) is 13.2 Å². The first-order valence-electron chi connectivity index (χ1n) is 6.33. The van der Waals surface area contributed by atoms with E-state index in [1.807, 2.05) is 4.90 Å². The van der Waals surface area contributed by atoms with Gasteiger partial charge in [0, 0.05) is 37.4 Å². The zero-order valence-electron chi connectivity index (χ0n) is 10.8. The molecule has 0 radical (unpaired) electrons. The Morgan fingerprint density at radius 1 is 1.10 bits per heavy atom. The van der Waals surface area contributed by atoms with Crippen molar-refractivity contribution in [3.8, 4) is 0 Å². The van der Waals surface area contributed by atoms with E-state index in [9.17, 15) is 22.7 Å². The van der Waals surface area contributed by atoms with Crippen LogP contribution >= 0.6 is 0 Å². The van der Waals surface area contributed by atoms with E-state index in [-0.39, 0.29) is 18.7 Å². The van der Waals surface area contributed by atoms with Crippen molar-refractivity contribution in [3.05, 3.63) is 29.6 Å². The average Bonchev–Trinajstić information content (AvgIpc) is 2.37. The van der Waals surface area contributed by atoms with Crippen LogP contribution < -0.4 is 4.90 Å². The lowest BCUT2D eigenvalue weighted by atomic mass is 10.1. The lowest BCUT2D eigenvalue weighted by Gasteiger charge is -2.37. The van der Waals surface area contributed by atoms with Gasteiger partial charge in [0.1, 0.15) is 5.82 Å². The number of halogens is 4. The maximum absolute atomic E-state index is 13.6. The predicted molar refractivity (Wildman–Crippen MR) is 67.0 cm³/mol. The normalized spacial score (nSPS) is 17.6. The second-order valence-corrected chi connectivity index (χ2v) is 4.77. The van der Waals surface area contributed by atoms with Crippen LogP contribution in [-0.2, 0) is 6.61 Å². The molecule has 2 rings (SSSR count). The highest BCUT2D eigenvalue weighted by Gasteiger charge is 2.32. The molecule has 1 N–H and O–H groups in total. The van der Waals surface area contributed by atoms with Crippen molar-refractivity contribution in [2.75, 3.05) is 37.6 Å². The van der Waals surface area contributed by atoms with E-state index in [2.05, 4.69) is 0 Å². The van der Waals surface area contributed by atoms with Gasteiger partial charge in [0.05, 0.1) is 13.2 Å². The number of alkyl halides is 3. The Labute approximate surface area is 114 Å². The van der Waals surface area contributed by atoms with Crippen molar-refractivity contribution in [1.82, 2.24) is 4.90 Å². The first kappa shape index (κ1) is 15.1. The summed E-state index contributed by atoms with van der Waals surface area (Å²) >= 11 is 0. The van der Waals surface area contributed by atoms with Gasteiger partial charge in [-0.3, -0.25) is 4.90 Å². The number of nitrogens with zero attached hydrogens (tertiary/aromatic N) is 2. The zero-order chi connectivity index (χ0) is 14.8. The molecule has 0 aromatic heterocycles. The molecule has 1 aromatic rings. The number of aliphatic hydroxyl groups excluding tert-OH is 1. The predicted octanol–water partition coefficient (Wildman–Crippen LogP) is 2.00. The fourth-order valence-electron chi connectivity index (χ4n) is 2.40. The molecule has 0 atom stereocenters. The Morgan fingerprint density at radius 2 is 1.75 bits per heavy atom. The topological polar surface area (TPSA) is 26.7 Å². The van der Waals surface area contributed by atoms with Gasteiger partial charge in [-0.25, -0.2) is 4.39 Å². The number of aliphatic hydroxyl groups is 1. The van der Waals surface area contributed by atoms with Crippen molar-refractivity contribution in [2.24, 2.45) is 0 Å². The fraction of sp³-hybridized carbons (Fsp3) is 0.538. The van der Waals surface area contributed by atoms with Crippen molar-refractivity contribution in [1.29, 1.82) is 0 Å². The maximum Gasteiger partial charge on any atom is 0.401 e. The largest absolute Gasteiger partial charge is 0.401 e. The van der Waals surface area contributed by atoms with Crippen LogP contribution in [0.15, 0.2) is 18.2 Å². The molecule has 112 valence electrons. The Morgan fingerprint density at radius 3 is 2.30 bits per heavy atom. The molecule has 0 aliphatic carbocycles. The van der Waals surface area contributed by atoms with Crippen LogP contribution in [0.2, 0.25) is 0 Å². The number of rotatable bonds is 3. The molecule has 7 heteroatoms. The van der Waals surface area contributed by atoms with Crippen molar-refractivity contribution in [2.45, 2.75) is 12.8 Å². The summed E-state index contributed by atoms with van der Waals surface area (Å²) in [6, 6.07) is 4.47. The average molecular weight is 292 g/mol. The first-order valence-corrected chi connectivity index (χ1v) is 6.33. The van der Waals surface area contributed by atoms with E-state index in [1.54, 1.807) is 6.07 Å². The molecule has 1 aliphatic heterocycles. The molecule has 1 saturated heterocycles. The molecule has 1 aliphatic rings. The van der Waals surface area contributed by atoms with Crippen molar-refractivity contribution in [3.63, 3.8) is 0 Å². The van der Waals surface area contributed by atoms with Crippen LogP contribution in [0.25, 0.3) is 0 Å². The quantitative estimate of drug-likeness (QED) is 0.863. The van der Waals surface area contributed by atoms with Gasteiger partial charge in [-0.1, -0.05) is 6.07 Å². The zero-order valence-corrected chi connectivity index (χ0v) is 10.8. The molecule has 0 amide bonds. The second kappa shape index (κ2) is 5.97. The van der Waals surface area contributed by atoms with Crippen LogP contribution in [0.4, 0.5) is 23.2 Å². The number of benzene rings is 1. The standard InChI is InChI=1S/C13H16F4N2O/c14-11-2-1-3-12(10(11)8-20)19-6-4-18(5-7-19)9-13(15,16)17/h1-3,20H,4-9H2. The molecule has 3 nitrogen and oxygen atoms in total. The van der Waals surface area contributed by atoms with Gasteiger partial charge in [-0.15, -0.1) is 0 Å². The number of hydrogen-bond acceptors (Lipinski definition) is 3. The summed E-state index contributed by atoms with van der Waals surface area (Å²) in [5, 5.41) is 9.21. The molecule has 0 saturated carbocycles. The van der Waals surface area contributed by atoms with E-state index in [0.29, 0.717) is 18.8 Å². The van der Waals surface area contributed by atoms with E-state index in [1.165, 1.54) is 17.0 Å². The fourth-order valence-corrected chi connectivity index (χ4v) is 2.40.